The van der Waals surface area contributed by atoms with Crippen LogP contribution in [0, 0.1) is 5.92 Å². The predicted octanol–water partition coefficient (Wildman–Crippen LogP) is 4.84. The Morgan fingerprint density at radius 1 is 1.10 bits per heavy atom. The molecule has 1 aromatic carbocycles. The summed E-state index contributed by atoms with van der Waals surface area (Å²) in [6.07, 6.45) is 10.2. The summed E-state index contributed by atoms with van der Waals surface area (Å²) in [5.41, 5.74) is 8.09. The average molecular weight is 285 g/mol. The summed E-state index contributed by atoms with van der Waals surface area (Å²) in [6, 6.07) is 6.10. The fraction of sp³-hybridized carbons (Fsp3) is 0.500. The molecule has 0 aliphatic carbocycles. The minimum Gasteiger partial charge on any atom is -0.397 e. The second kappa shape index (κ2) is 7.87. The Hall–Kier alpha value is -1.77. The van der Waals surface area contributed by atoms with Gasteiger partial charge in [-0.25, -0.2) is 0 Å². The second-order valence-corrected chi connectivity index (χ2v) is 6.15. The van der Waals surface area contributed by atoms with Crippen molar-refractivity contribution in [3.05, 3.63) is 30.6 Å². The molecule has 2 aromatic rings. The molecule has 114 valence electrons. The predicted molar refractivity (Wildman–Crippen MR) is 92.6 cm³/mol. The molecule has 2 rings (SSSR count). The van der Waals surface area contributed by atoms with Gasteiger partial charge in [0, 0.05) is 29.7 Å². The van der Waals surface area contributed by atoms with Gasteiger partial charge in [0.25, 0.3) is 0 Å². The molecule has 0 saturated heterocycles. The summed E-state index contributed by atoms with van der Waals surface area (Å²) in [5.74, 6) is 0.829. The van der Waals surface area contributed by atoms with E-state index in [4.69, 9.17) is 5.73 Å². The third-order valence-electron chi connectivity index (χ3n) is 3.89. The van der Waals surface area contributed by atoms with Gasteiger partial charge in [-0.05, 0) is 24.5 Å². The van der Waals surface area contributed by atoms with E-state index < -0.39 is 0 Å². The molecule has 0 amide bonds. The smallest absolute Gasteiger partial charge is 0.0630 e. The lowest BCUT2D eigenvalue weighted by Crippen LogP contribution is -2.04. The monoisotopic (exact) mass is 285 g/mol. The van der Waals surface area contributed by atoms with Crippen molar-refractivity contribution in [3.63, 3.8) is 0 Å². The minimum absolute atomic E-state index is 0.828. The van der Waals surface area contributed by atoms with E-state index in [0.717, 1.165) is 34.6 Å². The SMILES string of the molecule is CC(C)CCCCCCNc1ccc2cnccc2c1N. The van der Waals surface area contributed by atoms with Crippen molar-refractivity contribution in [1.82, 2.24) is 4.98 Å². The Morgan fingerprint density at radius 2 is 1.90 bits per heavy atom. The number of rotatable bonds is 8. The van der Waals surface area contributed by atoms with Crippen LogP contribution in [0.3, 0.4) is 0 Å². The zero-order chi connectivity index (χ0) is 15.1. The summed E-state index contributed by atoms with van der Waals surface area (Å²) in [5, 5.41) is 5.63. The number of aromatic nitrogens is 1. The summed E-state index contributed by atoms with van der Waals surface area (Å²) >= 11 is 0. The Morgan fingerprint density at radius 3 is 2.71 bits per heavy atom. The van der Waals surface area contributed by atoms with Gasteiger partial charge in [-0.2, -0.15) is 0 Å². The number of unbranched alkanes of at least 4 members (excludes halogenated alkanes) is 3. The van der Waals surface area contributed by atoms with Crippen LogP contribution in [-0.4, -0.2) is 11.5 Å². The molecule has 1 heterocycles. The highest BCUT2D eigenvalue weighted by Crippen LogP contribution is 2.27. The maximum absolute atomic E-state index is 6.22. The molecule has 0 atom stereocenters. The number of benzene rings is 1. The van der Waals surface area contributed by atoms with Gasteiger partial charge in [0.1, 0.15) is 0 Å². The highest BCUT2D eigenvalue weighted by atomic mass is 14.9. The lowest BCUT2D eigenvalue weighted by atomic mass is 10.0. The lowest BCUT2D eigenvalue weighted by Gasteiger charge is -2.11. The zero-order valence-corrected chi connectivity index (χ0v) is 13.2. The third kappa shape index (κ3) is 4.62. The van der Waals surface area contributed by atoms with E-state index in [1.165, 1.54) is 32.1 Å². The van der Waals surface area contributed by atoms with Gasteiger partial charge in [0.05, 0.1) is 11.4 Å². The largest absolute Gasteiger partial charge is 0.397 e. The molecule has 3 nitrogen and oxygen atoms in total. The van der Waals surface area contributed by atoms with Crippen LogP contribution in [0.5, 0.6) is 0 Å². The minimum atomic E-state index is 0.828. The molecule has 0 spiro atoms. The van der Waals surface area contributed by atoms with Gasteiger partial charge in [0.15, 0.2) is 0 Å². The van der Waals surface area contributed by atoms with Crippen LogP contribution in [0.25, 0.3) is 10.8 Å². The molecule has 3 N–H and O–H groups in total. The number of nitrogen functional groups attached to an aromatic ring is 1. The van der Waals surface area contributed by atoms with Gasteiger partial charge in [-0.3, -0.25) is 4.98 Å². The fourth-order valence-corrected chi connectivity index (χ4v) is 2.60. The highest BCUT2D eigenvalue weighted by Gasteiger charge is 2.03. The van der Waals surface area contributed by atoms with Crippen molar-refractivity contribution >= 4 is 22.1 Å². The van der Waals surface area contributed by atoms with Crippen LogP contribution in [0.4, 0.5) is 11.4 Å². The van der Waals surface area contributed by atoms with Crippen LogP contribution in [0.2, 0.25) is 0 Å². The molecule has 21 heavy (non-hydrogen) atoms. The van der Waals surface area contributed by atoms with Crippen molar-refractivity contribution in [1.29, 1.82) is 0 Å². The molecule has 0 bridgehead atoms. The Balaban J connectivity index is 1.77. The van der Waals surface area contributed by atoms with Crippen LogP contribution in [-0.2, 0) is 0 Å². The molecule has 0 radical (unpaired) electrons. The highest BCUT2D eigenvalue weighted by molar-refractivity contribution is 5.98. The van der Waals surface area contributed by atoms with Crippen LogP contribution in [0.15, 0.2) is 30.6 Å². The molecular formula is C18H27N3. The fourth-order valence-electron chi connectivity index (χ4n) is 2.60. The summed E-state index contributed by atoms with van der Waals surface area (Å²) < 4.78 is 0. The van der Waals surface area contributed by atoms with Crippen LogP contribution >= 0.6 is 0 Å². The maximum Gasteiger partial charge on any atom is 0.0630 e. The number of hydrogen-bond donors (Lipinski definition) is 2. The van der Waals surface area contributed by atoms with Gasteiger partial charge in [0.2, 0.25) is 0 Å². The van der Waals surface area contributed by atoms with E-state index in [-0.39, 0.29) is 0 Å². The molecule has 0 unspecified atom stereocenters. The number of nitrogens with two attached hydrogens (primary N) is 1. The quantitative estimate of drug-likeness (QED) is 0.539. The molecule has 0 saturated carbocycles. The van der Waals surface area contributed by atoms with Gasteiger partial charge >= 0.3 is 0 Å². The standard InChI is InChI=1S/C18H27N3/c1-14(2)7-5-3-4-6-11-21-17-9-8-15-13-20-12-10-16(15)18(17)19/h8-10,12-14,21H,3-7,11,19H2,1-2H3. The van der Waals surface area contributed by atoms with Crippen molar-refractivity contribution in [2.75, 3.05) is 17.6 Å². The summed E-state index contributed by atoms with van der Waals surface area (Å²) in [7, 11) is 0. The summed E-state index contributed by atoms with van der Waals surface area (Å²) in [6.45, 7) is 5.57. The average Bonchev–Trinajstić information content (AvgIpc) is 2.48. The number of anilines is 2. The normalized spacial score (nSPS) is 11.2. The zero-order valence-electron chi connectivity index (χ0n) is 13.2. The molecule has 0 aliphatic heterocycles. The van der Waals surface area contributed by atoms with Gasteiger partial charge in [-0.15, -0.1) is 0 Å². The first-order valence-corrected chi connectivity index (χ1v) is 8.04. The van der Waals surface area contributed by atoms with E-state index in [2.05, 4.69) is 36.3 Å². The maximum atomic E-state index is 6.22. The first-order chi connectivity index (χ1) is 10.2. The molecule has 1 aromatic heterocycles. The first-order valence-electron chi connectivity index (χ1n) is 8.04. The molecule has 3 heteroatoms. The Kier molecular flexibility index (Phi) is 5.85. The van der Waals surface area contributed by atoms with E-state index in [9.17, 15) is 0 Å². The number of nitrogens with one attached hydrogen (secondary N) is 1. The van der Waals surface area contributed by atoms with Crippen molar-refractivity contribution in [3.8, 4) is 0 Å². The first kappa shape index (κ1) is 15.6. The van der Waals surface area contributed by atoms with E-state index in [1.54, 1.807) is 6.20 Å². The topological polar surface area (TPSA) is 50.9 Å². The Labute approximate surface area is 128 Å². The van der Waals surface area contributed by atoms with E-state index >= 15 is 0 Å². The van der Waals surface area contributed by atoms with Crippen molar-refractivity contribution < 1.29 is 0 Å². The van der Waals surface area contributed by atoms with Gasteiger partial charge in [-0.1, -0.05) is 45.6 Å². The van der Waals surface area contributed by atoms with E-state index in [0.29, 0.717) is 0 Å². The number of nitrogens with zero attached hydrogens (tertiary/aromatic N) is 1. The number of pyridine rings is 1. The number of fused-ring (bicyclic) bond motifs is 1. The number of hydrogen-bond acceptors (Lipinski definition) is 3. The molecular weight excluding hydrogens is 258 g/mol. The van der Waals surface area contributed by atoms with Crippen molar-refractivity contribution in [2.45, 2.75) is 46.0 Å². The van der Waals surface area contributed by atoms with E-state index in [1.807, 2.05) is 12.3 Å². The van der Waals surface area contributed by atoms with Crippen LogP contribution < -0.4 is 11.1 Å². The molecule has 0 fully saturated rings. The van der Waals surface area contributed by atoms with Crippen molar-refractivity contribution in [2.24, 2.45) is 5.92 Å². The van der Waals surface area contributed by atoms with Gasteiger partial charge < -0.3 is 11.1 Å². The lowest BCUT2D eigenvalue weighted by molar-refractivity contribution is 0.523. The molecule has 0 aliphatic rings. The Bertz CT molecular complexity index is 563. The van der Waals surface area contributed by atoms with Crippen LogP contribution in [0.1, 0.15) is 46.0 Å². The third-order valence-corrected chi connectivity index (χ3v) is 3.89. The summed E-state index contributed by atoms with van der Waals surface area (Å²) in [4.78, 5) is 4.12. The second-order valence-electron chi connectivity index (χ2n) is 6.15.